The number of anilines is 1. The number of likely N-dealkylation sites (tertiary alicyclic amines) is 1. The first-order valence-electron chi connectivity index (χ1n) is 11.5. The Kier molecular flexibility index (Phi) is 6.89. The molecule has 31 heavy (non-hydrogen) atoms. The fraction of sp³-hybridized carbons (Fsp3) is 0.444. The summed E-state index contributed by atoms with van der Waals surface area (Å²) in [5, 5.41) is 2.84. The van der Waals surface area contributed by atoms with Gasteiger partial charge in [-0.15, -0.1) is 0 Å². The monoisotopic (exact) mass is 418 g/mol. The summed E-state index contributed by atoms with van der Waals surface area (Å²) in [5.41, 5.74) is 3.77. The highest BCUT2D eigenvalue weighted by Gasteiger charge is 2.42. The summed E-state index contributed by atoms with van der Waals surface area (Å²) in [6, 6.07) is 19.0. The maximum Gasteiger partial charge on any atom is 0.221 e. The number of rotatable bonds is 7. The van der Waals surface area contributed by atoms with Crippen molar-refractivity contribution in [2.24, 2.45) is 5.41 Å². The zero-order valence-corrected chi connectivity index (χ0v) is 18.7. The lowest BCUT2D eigenvalue weighted by Crippen LogP contribution is -2.46. The van der Waals surface area contributed by atoms with E-state index in [0.717, 1.165) is 51.0 Å². The number of carbonyl (C=O) groups is 1. The predicted molar refractivity (Wildman–Crippen MR) is 126 cm³/mol. The number of aryl methyl sites for hydroxylation is 1. The summed E-state index contributed by atoms with van der Waals surface area (Å²) >= 11 is 0. The number of piperidine rings is 1. The van der Waals surface area contributed by atoms with Gasteiger partial charge in [0.15, 0.2) is 0 Å². The van der Waals surface area contributed by atoms with Crippen LogP contribution in [0.5, 0.6) is 0 Å². The van der Waals surface area contributed by atoms with Crippen molar-refractivity contribution in [1.82, 2.24) is 4.90 Å². The molecule has 1 fully saturated rings. The minimum absolute atomic E-state index is 0.0341. The molecule has 0 bridgehead atoms. The highest BCUT2D eigenvalue weighted by atomic mass is 16.5. The lowest BCUT2D eigenvalue weighted by atomic mass is 9.70. The zero-order chi connectivity index (χ0) is 21.7. The minimum Gasteiger partial charge on any atom is -0.367 e. The van der Waals surface area contributed by atoms with E-state index in [0.29, 0.717) is 0 Å². The topological polar surface area (TPSA) is 41.6 Å². The Morgan fingerprint density at radius 2 is 1.74 bits per heavy atom. The second-order valence-corrected chi connectivity index (χ2v) is 9.15. The molecule has 2 aromatic rings. The van der Waals surface area contributed by atoms with E-state index in [1.54, 1.807) is 0 Å². The van der Waals surface area contributed by atoms with Crippen LogP contribution in [0.1, 0.15) is 44.2 Å². The third-order valence-electron chi connectivity index (χ3n) is 6.81. The molecule has 1 N–H and O–H groups in total. The fourth-order valence-electron chi connectivity index (χ4n) is 4.95. The molecule has 0 saturated carbocycles. The van der Waals surface area contributed by atoms with Crippen molar-refractivity contribution < 1.29 is 9.53 Å². The van der Waals surface area contributed by atoms with Crippen LogP contribution in [-0.4, -0.2) is 36.1 Å². The summed E-state index contributed by atoms with van der Waals surface area (Å²) in [4.78, 5) is 13.8. The fourth-order valence-corrected chi connectivity index (χ4v) is 4.95. The first-order chi connectivity index (χ1) is 15.0. The first kappa shape index (κ1) is 21.8. The molecule has 0 aliphatic carbocycles. The number of nitrogens with zero attached hydrogens (tertiary/aromatic N) is 1. The van der Waals surface area contributed by atoms with E-state index in [1.807, 2.05) is 12.1 Å². The summed E-state index contributed by atoms with van der Waals surface area (Å²) in [6.07, 6.45) is 9.57. The molecule has 0 spiro atoms. The van der Waals surface area contributed by atoms with Crippen LogP contribution in [0.4, 0.5) is 5.69 Å². The van der Waals surface area contributed by atoms with Gasteiger partial charge in [-0.2, -0.15) is 0 Å². The number of hydrogen-bond acceptors (Lipinski definition) is 3. The standard InChI is InChI=1S/C27H34N2O2/c1-21-8-13-26(31-21)27(15-14-23-6-4-3-5-7-23)16-18-29(19-17-27)20-24-9-11-25(12-10-24)28-22(2)30/h3-13,21,26H,14-20H2,1-2H3,(H,28,30). The van der Waals surface area contributed by atoms with Crippen molar-refractivity contribution in [2.45, 2.75) is 58.3 Å². The van der Waals surface area contributed by atoms with Crippen molar-refractivity contribution in [2.75, 3.05) is 18.4 Å². The smallest absolute Gasteiger partial charge is 0.221 e. The third kappa shape index (κ3) is 5.63. The summed E-state index contributed by atoms with van der Waals surface area (Å²) in [6.45, 7) is 6.80. The SMILES string of the molecule is CC(=O)Nc1ccc(CN2CCC(CCc3ccccc3)(C3C=CC(C)O3)CC2)cc1. The van der Waals surface area contributed by atoms with Crippen molar-refractivity contribution in [3.63, 3.8) is 0 Å². The van der Waals surface area contributed by atoms with Crippen LogP contribution in [0.15, 0.2) is 66.7 Å². The maximum absolute atomic E-state index is 11.2. The summed E-state index contributed by atoms with van der Waals surface area (Å²) in [7, 11) is 0. The molecule has 0 radical (unpaired) electrons. The van der Waals surface area contributed by atoms with Crippen molar-refractivity contribution in [3.8, 4) is 0 Å². The van der Waals surface area contributed by atoms with Crippen LogP contribution in [-0.2, 0) is 22.5 Å². The van der Waals surface area contributed by atoms with E-state index in [4.69, 9.17) is 4.74 Å². The number of carbonyl (C=O) groups excluding carboxylic acids is 1. The highest BCUT2D eigenvalue weighted by molar-refractivity contribution is 5.88. The third-order valence-corrected chi connectivity index (χ3v) is 6.81. The Hall–Kier alpha value is -2.43. The van der Waals surface area contributed by atoms with Gasteiger partial charge in [-0.1, -0.05) is 54.6 Å². The van der Waals surface area contributed by atoms with Gasteiger partial charge in [0.05, 0.1) is 12.2 Å². The van der Waals surface area contributed by atoms with Gasteiger partial charge in [-0.3, -0.25) is 9.69 Å². The molecule has 4 rings (SSSR count). The first-order valence-corrected chi connectivity index (χ1v) is 11.5. The van der Waals surface area contributed by atoms with Crippen molar-refractivity contribution in [3.05, 3.63) is 77.9 Å². The molecule has 2 atom stereocenters. The van der Waals surface area contributed by atoms with Crippen LogP contribution >= 0.6 is 0 Å². The molecule has 4 nitrogen and oxygen atoms in total. The molecule has 2 unspecified atom stereocenters. The van der Waals surface area contributed by atoms with Crippen LogP contribution in [0, 0.1) is 5.41 Å². The van der Waals surface area contributed by atoms with Crippen LogP contribution < -0.4 is 5.32 Å². The molecule has 2 aliphatic rings. The quantitative estimate of drug-likeness (QED) is 0.628. The van der Waals surface area contributed by atoms with Gasteiger partial charge in [-0.05, 0) is 69.0 Å². The molecule has 4 heteroatoms. The summed E-state index contributed by atoms with van der Waals surface area (Å²) in [5.74, 6) is -0.0341. The van der Waals surface area contributed by atoms with Gasteiger partial charge in [0.1, 0.15) is 0 Å². The predicted octanol–water partition coefficient (Wildman–Crippen LogP) is 5.20. The minimum atomic E-state index is -0.0341. The van der Waals surface area contributed by atoms with Gasteiger partial charge in [0, 0.05) is 24.6 Å². The van der Waals surface area contributed by atoms with E-state index >= 15 is 0 Å². The van der Waals surface area contributed by atoms with E-state index < -0.39 is 0 Å². The van der Waals surface area contributed by atoms with Crippen LogP contribution in [0.25, 0.3) is 0 Å². The van der Waals surface area contributed by atoms with Gasteiger partial charge >= 0.3 is 0 Å². The van der Waals surface area contributed by atoms with Crippen LogP contribution in [0.2, 0.25) is 0 Å². The number of hydrogen-bond donors (Lipinski definition) is 1. The van der Waals surface area contributed by atoms with E-state index in [-0.39, 0.29) is 23.5 Å². The summed E-state index contributed by atoms with van der Waals surface area (Å²) < 4.78 is 6.33. The molecule has 2 aromatic carbocycles. The highest BCUT2D eigenvalue weighted by Crippen LogP contribution is 2.43. The number of benzene rings is 2. The number of amides is 1. The number of nitrogens with one attached hydrogen (secondary N) is 1. The van der Waals surface area contributed by atoms with Gasteiger partial charge in [-0.25, -0.2) is 0 Å². The molecule has 0 aromatic heterocycles. The molecular formula is C27H34N2O2. The van der Waals surface area contributed by atoms with Gasteiger partial charge < -0.3 is 10.1 Å². The largest absolute Gasteiger partial charge is 0.367 e. The Morgan fingerprint density at radius 3 is 2.35 bits per heavy atom. The van der Waals surface area contributed by atoms with E-state index in [2.05, 4.69) is 71.8 Å². The van der Waals surface area contributed by atoms with Crippen molar-refractivity contribution in [1.29, 1.82) is 0 Å². The lowest BCUT2D eigenvalue weighted by Gasteiger charge is -2.45. The molecular weight excluding hydrogens is 384 g/mol. The van der Waals surface area contributed by atoms with Gasteiger partial charge in [0.25, 0.3) is 0 Å². The lowest BCUT2D eigenvalue weighted by molar-refractivity contribution is -0.114. The number of ether oxygens (including phenoxy) is 1. The molecule has 2 heterocycles. The average Bonchev–Trinajstić information content (AvgIpc) is 3.22. The van der Waals surface area contributed by atoms with E-state index in [1.165, 1.54) is 18.1 Å². The maximum atomic E-state index is 11.2. The second-order valence-electron chi connectivity index (χ2n) is 9.15. The Morgan fingerprint density at radius 1 is 1.03 bits per heavy atom. The average molecular weight is 419 g/mol. The van der Waals surface area contributed by atoms with Crippen molar-refractivity contribution >= 4 is 11.6 Å². The second kappa shape index (κ2) is 9.80. The molecule has 2 aliphatic heterocycles. The molecule has 164 valence electrons. The Balaban J connectivity index is 1.38. The normalized spacial score (nSPS) is 23.0. The van der Waals surface area contributed by atoms with E-state index in [9.17, 15) is 4.79 Å². The molecule has 1 amide bonds. The molecule has 1 saturated heterocycles. The zero-order valence-electron chi connectivity index (χ0n) is 18.7. The van der Waals surface area contributed by atoms with Crippen LogP contribution in [0.3, 0.4) is 0 Å². The Labute approximate surface area is 186 Å². The Bertz CT molecular complexity index is 883. The van der Waals surface area contributed by atoms with Gasteiger partial charge in [0.2, 0.25) is 5.91 Å².